The van der Waals surface area contributed by atoms with Crippen LogP contribution in [0.25, 0.3) is 16.9 Å². The van der Waals surface area contributed by atoms with Gasteiger partial charge in [-0.2, -0.15) is 10.2 Å². The molecule has 0 fully saturated rings. The number of pyridine rings is 1. The SMILES string of the molecule is COc1ccc(-c2nn(-c3ccccc3)cc2/C=N/Nc2ccccn2)cc1. The van der Waals surface area contributed by atoms with Gasteiger partial charge in [0.05, 0.1) is 19.0 Å². The van der Waals surface area contributed by atoms with Gasteiger partial charge in [0, 0.05) is 23.5 Å². The van der Waals surface area contributed by atoms with Crippen molar-refractivity contribution in [3.63, 3.8) is 0 Å². The second kappa shape index (κ2) is 8.18. The van der Waals surface area contributed by atoms with Crippen LogP contribution in [0.3, 0.4) is 0 Å². The lowest BCUT2D eigenvalue weighted by molar-refractivity contribution is 0.415. The average molecular weight is 369 g/mol. The lowest BCUT2D eigenvalue weighted by Crippen LogP contribution is -1.94. The van der Waals surface area contributed by atoms with Gasteiger partial charge < -0.3 is 4.74 Å². The molecule has 1 N–H and O–H groups in total. The van der Waals surface area contributed by atoms with Gasteiger partial charge in [-0.3, -0.25) is 5.43 Å². The third-order valence-corrected chi connectivity index (χ3v) is 4.17. The van der Waals surface area contributed by atoms with Gasteiger partial charge in [0.2, 0.25) is 0 Å². The fraction of sp³-hybridized carbons (Fsp3) is 0.0455. The van der Waals surface area contributed by atoms with Crippen molar-refractivity contribution >= 4 is 12.0 Å². The zero-order chi connectivity index (χ0) is 19.2. The van der Waals surface area contributed by atoms with Gasteiger partial charge in [0.25, 0.3) is 0 Å². The molecule has 4 aromatic rings. The molecule has 0 unspecified atom stereocenters. The van der Waals surface area contributed by atoms with Crippen molar-refractivity contribution in [2.24, 2.45) is 5.10 Å². The van der Waals surface area contributed by atoms with E-state index in [9.17, 15) is 0 Å². The Hall–Kier alpha value is -3.93. The molecule has 0 saturated carbocycles. The number of hydrazone groups is 1. The molecule has 0 atom stereocenters. The zero-order valence-corrected chi connectivity index (χ0v) is 15.4. The molecule has 0 bridgehead atoms. The molecular formula is C22H19N5O. The van der Waals surface area contributed by atoms with Crippen LogP contribution >= 0.6 is 0 Å². The van der Waals surface area contributed by atoms with Crippen LogP contribution in [0.2, 0.25) is 0 Å². The Morgan fingerprint density at radius 2 is 1.75 bits per heavy atom. The molecule has 28 heavy (non-hydrogen) atoms. The van der Waals surface area contributed by atoms with Gasteiger partial charge in [-0.15, -0.1) is 0 Å². The predicted molar refractivity (Wildman–Crippen MR) is 111 cm³/mol. The van der Waals surface area contributed by atoms with E-state index < -0.39 is 0 Å². The van der Waals surface area contributed by atoms with Crippen molar-refractivity contribution in [2.45, 2.75) is 0 Å². The van der Waals surface area contributed by atoms with E-state index in [4.69, 9.17) is 9.84 Å². The molecular weight excluding hydrogens is 350 g/mol. The van der Waals surface area contributed by atoms with Crippen LogP contribution in [0.4, 0.5) is 5.82 Å². The molecule has 0 amide bonds. The molecule has 0 aliphatic rings. The number of ether oxygens (including phenoxy) is 1. The van der Waals surface area contributed by atoms with E-state index in [0.717, 1.165) is 28.3 Å². The third kappa shape index (κ3) is 3.91. The summed E-state index contributed by atoms with van der Waals surface area (Å²) in [5.41, 5.74) is 6.62. The first-order chi connectivity index (χ1) is 13.8. The maximum Gasteiger partial charge on any atom is 0.146 e. The number of para-hydroxylation sites is 1. The molecule has 2 aromatic carbocycles. The summed E-state index contributed by atoms with van der Waals surface area (Å²) in [5.74, 6) is 1.48. The highest BCUT2D eigenvalue weighted by Gasteiger charge is 2.11. The zero-order valence-electron chi connectivity index (χ0n) is 15.4. The number of hydrogen-bond acceptors (Lipinski definition) is 5. The Labute approximate surface area is 163 Å². The van der Waals surface area contributed by atoms with E-state index in [2.05, 4.69) is 15.5 Å². The highest BCUT2D eigenvalue weighted by molar-refractivity contribution is 5.89. The summed E-state index contributed by atoms with van der Waals surface area (Å²) in [6.07, 6.45) is 5.42. The van der Waals surface area contributed by atoms with Gasteiger partial charge in [-0.05, 0) is 48.5 Å². The lowest BCUT2D eigenvalue weighted by Gasteiger charge is -2.02. The lowest BCUT2D eigenvalue weighted by atomic mass is 10.1. The quantitative estimate of drug-likeness (QED) is 0.404. The molecule has 0 saturated heterocycles. The fourth-order valence-corrected chi connectivity index (χ4v) is 2.76. The number of nitrogens with zero attached hydrogens (tertiary/aromatic N) is 4. The molecule has 6 heteroatoms. The number of nitrogens with one attached hydrogen (secondary N) is 1. The fourth-order valence-electron chi connectivity index (χ4n) is 2.76. The van der Waals surface area contributed by atoms with Crippen LogP contribution in [-0.4, -0.2) is 28.1 Å². The van der Waals surface area contributed by atoms with Crippen molar-refractivity contribution in [2.75, 3.05) is 12.5 Å². The number of methoxy groups -OCH3 is 1. The van der Waals surface area contributed by atoms with Gasteiger partial charge >= 0.3 is 0 Å². The summed E-state index contributed by atoms with van der Waals surface area (Å²) < 4.78 is 7.10. The van der Waals surface area contributed by atoms with Gasteiger partial charge in [-0.1, -0.05) is 24.3 Å². The van der Waals surface area contributed by atoms with Crippen LogP contribution in [0.15, 0.2) is 90.3 Å². The monoisotopic (exact) mass is 369 g/mol. The van der Waals surface area contributed by atoms with Crippen molar-refractivity contribution in [1.29, 1.82) is 0 Å². The molecule has 0 aliphatic heterocycles. The third-order valence-electron chi connectivity index (χ3n) is 4.17. The summed E-state index contributed by atoms with van der Waals surface area (Å²) >= 11 is 0. The second-order valence-corrected chi connectivity index (χ2v) is 6.03. The Balaban J connectivity index is 1.69. The van der Waals surface area contributed by atoms with E-state index in [1.54, 1.807) is 19.5 Å². The molecule has 4 rings (SSSR count). The first-order valence-corrected chi connectivity index (χ1v) is 8.83. The van der Waals surface area contributed by atoms with E-state index in [1.165, 1.54) is 0 Å². The standard InChI is InChI=1S/C22H19N5O/c1-28-20-12-10-17(11-13-20)22-18(15-24-25-21-9-5-6-14-23-21)16-27(26-22)19-7-3-2-4-8-19/h2-16H,1H3,(H,23,25)/b24-15+. The molecule has 6 nitrogen and oxygen atoms in total. The Kier molecular flexibility index (Phi) is 5.11. The van der Waals surface area contributed by atoms with Crippen LogP contribution in [0.5, 0.6) is 5.75 Å². The Morgan fingerprint density at radius 1 is 0.964 bits per heavy atom. The summed E-state index contributed by atoms with van der Waals surface area (Å²) in [7, 11) is 1.65. The summed E-state index contributed by atoms with van der Waals surface area (Å²) in [6, 6.07) is 23.4. The van der Waals surface area contributed by atoms with E-state index in [-0.39, 0.29) is 0 Å². The molecule has 2 aromatic heterocycles. The maximum absolute atomic E-state index is 5.25. The molecule has 0 radical (unpaired) electrons. The van der Waals surface area contributed by atoms with Crippen molar-refractivity contribution in [3.05, 3.63) is 90.8 Å². The maximum atomic E-state index is 5.25. The molecule has 0 spiro atoms. The van der Waals surface area contributed by atoms with Crippen LogP contribution in [-0.2, 0) is 0 Å². The topological polar surface area (TPSA) is 64.3 Å². The largest absolute Gasteiger partial charge is 0.497 e. The number of anilines is 1. The van der Waals surface area contributed by atoms with Crippen molar-refractivity contribution in [1.82, 2.24) is 14.8 Å². The highest BCUT2D eigenvalue weighted by atomic mass is 16.5. The molecule has 138 valence electrons. The first kappa shape index (κ1) is 17.5. The Morgan fingerprint density at radius 3 is 2.46 bits per heavy atom. The Bertz CT molecular complexity index is 1060. The highest BCUT2D eigenvalue weighted by Crippen LogP contribution is 2.25. The van der Waals surface area contributed by atoms with Gasteiger partial charge in [-0.25, -0.2) is 9.67 Å². The minimum Gasteiger partial charge on any atom is -0.497 e. The minimum atomic E-state index is 0.681. The number of benzene rings is 2. The normalized spacial score (nSPS) is 10.9. The number of aromatic nitrogens is 3. The van der Waals surface area contributed by atoms with E-state index >= 15 is 0 Å². The van der Waals surface area contributed by atoms with E-state index in [1.807, 2.05) is 83.7 Å². The number of hydrogen-bond donors (Lipinski definition) is 1. The summed E-state index contributed by atoms with van der Waals surface area (Å²) in [5, 5.41) is 9.10. The average Bonchev–Trinajstić information content (AvgIpc) is 3.19. The smallest absolute Gasteiger partial charge is 0.146 e. The summed E-state index contributed by atoms with van der Waals surface area (Å²) in [4.78, 5) is 4.20. The molecule has 0 aliphatic carbocycles. The van der Waals surface area contributed by atoms with Crippen LogP contribution in [0, 0.1) is 0 Å². The van der Waals surface area contributed by atoms with Crippen LogP contribution < -0.4 is 10.2 Å². The van der Waals surface area contributed by atoms with E-state index in [0.29, 0.717) is 5.82 Å². The number of rotatable bonds is 6. The van der Waals surface area contributed by atoms with Gasteiger partial charge in [0.15, 0.2) is 0 Å². The van der Waals surface area contributed by atoms with Crippen LogP contribution in [0.1, 0.15) is 5.56 Å². The second-order valence-electron chi connectivity index (χ2n) is 6.03. The van der Waals surface area contributed by atoms with Crippen molar-refractivity contribution < 1.29 is 4.74 Å². The summed E-state index contributed by atoms with van der Waals surface area (Å²) in [6.45, 7) is 0. The first-order valence-electron chi connectivity index (χ1n) is 8.83. The predicted octanol–water partition coefficient (Wildman–Crippen LogP) is 4.39. The van der Waals surface area contributed by atoms with Gasteiger partial charge in [0.1, 0.15) is 17.3 Å². The minimum absolute atomic E-state index is 0.681. The van der Waals surface area contributed by atoms with Crippen molar-refractivity contribution in [3.8, 4) is 22.7 Å². The molecule has 2 heterocycles.